The summed E-state index contributed by atoms with van der Waals surface area (Å²) in [6.45, 7) is 8.46. The van der Waals surface area contributed by atoms with Crippen molar-refractivity contribution < 1.29 is 53.4 Å². The Morgan fingerprint density at radius 1 is 0.831 bits per heavy atom. The number of rotatable bonds is 14. The van der Waals surface area contributed by atoms with Crippen LogP contribution < -0.4 is 9.47 Å². The fourth-order valence-corrected chi connectivity index (χ4v) is 9.61. The van der Waals surface area contributed by atoms with E-state index in [1.807, 2.05) is 65.9 Å². The molecule has 0 unspecified atom stereocenters. The average Bonchev–Trinajstić information content (AvgIpc) is 3.52. The quantitative estimate of drug-likeness (QED) is 0.0990. The lowest BCUT2D eigenvalue weighted by Crippen LogP contribution is -2.35. The molecule has 2 aliphatic heterocycles. The first kappa shape index (κ1) is 43.8. The first-order valence-corrected chi connectivity index (χ1v) is 23.7. The van der Waals surface area contributed by atoms with Crippen LogP contribution in [-0.2, 0) is 47.7 Å². The summed E-state index contributed by atoms with van der Waals surface area (Å²) in [5.74, 6) is -1.20. The number of aliphatic imine (C=N–C) groups is 1. The largest absolute Gasteiger partial charge is 0.478 e. The molecular formula is C42H48N3O11S3+. The van der Waals surface area contributed by atoms with Crippen molar-refractivity contribution in [1.29, 1.82) is 0 Å². The summed E-state index contributed by atoms with van der Waals surface area (Å²) < 4.78 is 101. The van der Waals surface area contributed by atoms with Crippen molar-refractivity contribution in [2.24, 2.45) is 4.99 Å². The average molecular weight is 867 g/mol. The number of pyridine rings is 1. The number of hydrogen-bond acceptors (Lipinski definition) is 9. The van der Waals surface area contributed by atoms with Crippen LogP contribution >= 0.6 is 0 Å². The van der Waals surface area contributed by atoms with E-state index in [2.05, 4.69) is 13.8 Å². The van der Waals surface area contributed by atoms with Gasteiger partial charge in [-0.3, -0.25) is 13.7 Å². The van der Waals surface area contributed by atoms with Crippen molar-refractivity contribution in [1.82, 2.24) is 0 Å². The molecule has 0 amide bonds. The molecule has 6 rings (SSSR count). The number of aromatic nitrogens is 1. The second-order valence-corrected chi connectivity index (χ2v) is 20.5. The lowest BCUT2D eigenvalue weighted by Gasteiger charge is -2.27. The van der Waals surface area contributed by atoms with Crippen molar-refractivity contribution in [2.45, 2.75) is 82.1 Å². The lowest BCUT2D eigenvalue weighted by molar-refractivity contribution is -0.684. The Kier molecular flexibility index (Phi) is 12.1. The molecule has 0 fully saturated rings. The summed E-state index contributed by atoms with van der Waals surface area (Å²) in [6, 6.07) is 14.8. The van der Waals surface area contributed by atoms with Gasteiger partial charge in [0, 0.05) is 29.8 Å². The molecule has 314 valence electrons. The molecule has 17 heteroatoms. The smallest absolute Gasteiger partial charge is 0.335 e. The number of hydrogen-bond donors (Lipinski definition) is 4. The molecule has 0 radical (unpaired) electrons. The number of carboxylic acids is 1. The molecule has 0 saturated heterocycles. The number of aromatic carboxylic acids is 1. The number of benzene rings is 2. The van der Waals surface area contributed by atoms with Crippen LogP contribution in [-0.4, -0.2) is 73.7 Å². The van der Waals surface area contributed by atoms with Crippen LogP contribution in [0, 0.1) is 0 Å². The van der Waals surface area contributed by atoms with Crippen molar-refractivity contribution in [3.63, 3.8) is 0 Å². The summed E-state index contributed by atoms with van der Waals surface area (Å²) in [4.78, 5) is 18.4. The van der Waals surface area contributed by atoms with Crippen LogP contribution in [0.3, 0.4) is 0 Å². The topological polar surface area (TPSA) is 220 Å². The molecule has 0 bridgehead atoms. The van der Waals surface area contributed by atoms with Crippen molar-refractivity contribution >= 4 is 59.1 Å². The van der Waals surface area contributed by atoms with Gasteiger partial charge in [-0.05, 0) is 127 Å². The minimum Gasteiger partial charge on any atom is -0.478 e. The van der Waals surface area contributed by atoms with E-state index >= 15 is 0 Å². The Morgan fingerprint density at radius 3 is 2.15 bits per heavy atom. The summed E-state index contributed by atoms with van der Waals surface area (Å²) >= 11 is 0. The highest BCUT2D eigenvalue weighted by atomic mass is 32.2. The second kappa shape index (κ2) is 16.3. The highest BCUT2D eigenvalue weighted by molar-refractivity contribution is 7.86. The van der Waals surface area contributed by atoms with Gasteiger partial charge in [0.15, 0.2) is 5.71 Å². The third kappa shape index (κ3) is 9.66. The van der Waals surface area contributed by atoms with E-state index in [1.165, 1.54) is 12.1 Å². The minimum atomic E-state index is -4.52. The molecular weight excluding hydrogens is 819 g/mol. The van der Waals surface area contributed by atoms with E-state index in [4.69, 9.17) is 4.99 Å². The Labute approximate surface area is 345 Å². The molecule has 14 nitrogen and oxygen atoms in total. The zero-order valence-corrected chi connectivity index (χ0v) is 35.6. The van der Waals surface area contributed by atoms with Crippen molar-refractivity contribution in [3.05, 3.63) is 124 Å². The van der Waals surface area contributed by atoms with Gasteiger partial charge in [0.1, 0.15) is 0 Å². The third-order valence-electron chi connectivity index (χ3n) is 11.2. The SMILES string of the molecule is CC1(C)C(/C=C/C2=C(c3ccc(C(=O)O)cc3)C(=C/C=C3/N(CCCS(=O)(=O)O)c4ccc(S(=O)(=O)O)cc4C3(C)C)/CCC2)=Nc2c1ccc[n+]2CCCS(=O)(=O)O. The molecule has 3 aliphatic rings. The zero-order valence-electron chi connectivity index (χ0n) is 33.2. The molecule has 0 spiro atoms. The van der Waals surface area contributed by atoms with Gasteiger partial charge in [-0.15, -0.1) is 0 Å². The normalized spacial score (nSPS) is 19.1. The molecule has 1 aromatic heterocycles. The maximum atomic E-state index is 12.1. The minimum absolute atomic E-state index is 0.0764. The predicted molar refractivity (Wildman–Crippen MR) is 225 cm³/mol. The standard InChI is InChI=1S/C42H47N3O11S3/c1-41(2)33-11-6-22-44(23-7-25-57(48,49)50)39(33)43-36(41)20-16-28-9-5-10-29(38(28)30-12-14-31(15-13-30)40(46)47)17-21-37-42(3,4)34-27-32(59(54,55)56)18-19-35(34)45(37)24-8-26-58(51,52)53/h6,11-22,27H,5,7-10,23-26H2,1-4H3,(H3-,46,47,48,49,50,51,52,53,54,55,56)/p+1. The van der Waals surface area contributed by atoms with Gasteiger partial charge in [0.2, 0.25) is 0 Å². The molecule has 1 aliphatic carbocycles. The van der Waals surface area contributed by atoms with E-state index in [-0.39, 0.29) is 35.6 Å². The van der Waals surface area contributed by atoms with Gasteiger partial charge in [0.05, 0.1) is 45.7 Å². The molecule has 2 aromatic carbocycles. The monoisotopic (exact) mass is 866 g/mol. The van der Waals surface area contributed by atoms with Crippen LogP contribution in [0.15, 0.2) is 112 Å². The summed E-state index contributed by atoms with van der Waals surface area (Å²) in [7, 11) is -12.9. The number of nitrogens with zero attached hydrogens (tertiary/aromatic N) is 3. The maximum absolute atomic E-state index is 12.1. The Morgan fingerprint density at radius 2 is 1.51 bits per heavy atom. The van der Waals surface area contributed by atoms with Crippen LogP contribution in [0.1, 0.15) is 86.8 Å². The van der Waals surface area contributed by atoms with E-state index in [0.29, 0.717) is 36.5 Å². The van der Waals surface area contributed by atoms with Gasteiger partial charge >= 0.3 is 11.8 Å². The van der Waals surface area contributed by atoms with Crippen LogP contribution in [0.5, 0.6) is 0 Å². The van der Waals surface area contributed by atoms with E-state index in [9.17, 15) is 48.8 Å². The third-order valence-corrected chi connectivity index (χ3v) is 13.6. The number of carbonyl (C=O) groups is 1. The van der Waals surface area contributed by atoms with E-state index < -0.39 is 52.9 Å². The van der Waals surface area contributed by atoms with Gasteiger partial charge in [-0.2, -0.15) is 25.3 Å². The Hall–Kier alpha value is -4.78. The van der Waals surface area contributed by atoms with Gasteiger partial charge < -0.3 is 10.0 Å². The van der Waals surface area contributed by atoms with E-state index in [1.54, 1.807) is 30.3 Å². The summed E-state index contributed by atoms with van der Waals surface area (Å²) in [6.07, 6.45) is 12.2. The molecule has 0 saturated carbocycles. The fraction of sp³-hybridized carbons (Fsp3) is 0.357. The molecule has 3 heterocycles. The highest BCUT2D eigenvalue weighted by Gasteiger charge is 2.43. The first-order valence-electron chi connectivity index (χ1n) is 19.1. The van der Waals surface area contributed by atoms with Gasteiger partial charge in [-0.25, -0.2) is 9.36 Å². The van der Waals surface area contributed by atoms with Gasteiger partial charge in [-0.1, -0.05) is 38.1 Å². The Bertz CT molecular complexity index is 2690. The molecule has 4 N–H and O–H groups in total. The fourth-order valence-electron chi connectivity index (χ4n) is 8.12. The Balaban J connectivity index is 1.44. The molecule has 3 aromatic rings. The number of allylic oxidation sites excluding steroid dienone is 8. The van der Waals surface area contributed by atoms with Crippen LogP contribution in [0.4, 0.5) is 11.5 Å². The summed E-state index contributed by atoms with van der Waals surface area (Å²) in [5.41, 5.74) is 6.17. The van der Waals surface area contributed by atoms with E-state index in [0.717, 1.165) is 45.7 Å². The number of aryl methyl sites for hydroxylation is 1. The lowest BCUT2D eigenvalue weighted by atomic mass is 9.80. The number of carboxylic acid groups (broad SMARTS) is 1. The van der Waals surface area contributed by atoms with Crippen LogP contribution in [0.25, 0.3) is 5.57 Å². The zero-order chi connectivity index (χ0) is 43.1. The number of fused-ring (bicyclic) bond motifs is 2. The van der Waals surface area contributed by atoms with Gasteiger partial charge in [0.25, 0.3) is 30.4 Å². The molecule has 0 atom stereocenters. The maximum Gasteiger partial charge on any atom is 0.335 e. The van der Waals surface area contributed by atoms with Crippen LogP contribution in [0.2, 0.25) is 0 Å². The summed E-state index contributed by atoms with van der Waals surface area (Å²) in [5, 5.41) is 9.65. The first-order chi connectivity index (χ1) is 27.5. The van der Waals surface area contributed by atoms with Crippen molar-refractivity contribution in [3.8, 4) is 0 Å². The molecule has 59 heavy (non-hydrogen) atoms. The number of anilines is 1. The second-order valence-electron chi connectivity index (χ2n) is 16.0. The highest BCUT2D eigenvalue weighted by Crippen LogP contribution is 2.49. The van der Waals surface area contributed by atoms with Crippen molar-refractivity contribution in [2.75, 3.05) is 23.0 Å². The predicted octanol–water partition coefficient (Wildman–Crippen LogP) is 6.64.